The van der Waals surface area contributed by atoms with Gasteiger partial charge in [-0.1, -0.05) is 18.2 Å². The first kappa shape index (κ1) is 12.2. The van der Waals surface area contributed by atoms with Gasteiger partial charge in [0.15, 0.2) is 0 Å². The molecule has 0 saturated carbocycles. The van der Waals surface area contributed by atoms with Gasteiger partial charge < -0.3 is 4.90 Å². The number of amides is 3. The van der Waals surface area contributed by atoms with Crippen molar-refractivity contribution in [1.29, 1.82) is 0 Å². The molecular formula is C14H17N3O2. The van der Waals surface area contributed by atoms with Crippen LogP contribution in [-0.4, -0.2) is 42.5 Å². The molecule has 100 valence electrons. The molecule has 1 spiro atoms. The van der Waals surface area contributed by atoms with Crippen LogP contribution in [0.2, 0.25) is 0 Å². The summed E-state index contributed by atoms with van der Waals surface area (Å²) in [5.74, 6) is -0.158. The summed E-state index contributed by atoms with van der Waals surface area (Å²) in [4.78, 5) is 28.2. The maximum Gasteiger partial charge on any atom is 0.329 e. The number of urea groups is 1. The monoisotopic (exact) mass is 259 g/mol. The number of benzene rings is 1. The molecule has 0 aliphatic carbocycles. The van der Waals surface area contributed by atoms with Crippen LogP contribution in [0.25, 0.3) is 0 Å². The van der Waals surface area contributed by atoms with E-state index in [-0.39, 0.29) is 11.9 Å². The average molecular weight is 259 g/mol. The van der Waals surface area contributed by atoms with E-state index in [1.807, 2.05) is 37.4 Å². The first-order valence-electron chi connectivity index (χ1n) is 6.53. The van der Waals surface area contributed by atoms with Gasteiger partial charge in [-0.2, -0.15) is 0 Å². The number of rotatable bonds is 1. The van der Waals surface area contributed by atoms with Crippen LogP contribution < -0.4 is 10.2 Å². The topological polar surface area (TPSA) is 52.7 Å². The van der Waals surface area contributed by atoms with Gasteiger partial charge in [0.05, 0.1) is 0 Å². The van der Waals surface area contributed by atoms with E-state index in [4.69, 9.17) is 0 Å². The molecule has 19 heavy (non-hydrogen) atoms. The molecule has 0 radical (unpaired) electrons. The Hall–Kier alpha value is -1.88. The number of hydrogen-bond donors (Lipinski definition) is 1. The minimum atomic E-state index is -0.703. The Bertz CT molecular complexity index is 507. The van der Waals surface area contributed by atoms with Gasteiger partial charge in [0.25, 0.3) is 5.91 Å². The van der Waals surface area contributed by atoms with Crippen molar-refractivity contribution in [3.05, 3.63) is 30.3 Å². The molecule has 2 aliphatic heterocycles. The van der Waals surface area contributed by atoms with Crippen LogP contribution in [0, 0.1) is 0 Å². The fraction of sp³-hybridized carbons (Fsp3) is 0.429. The summed E-state index contributed by atoms with van der Waals surface area (Å²) < 4.78 is 0. The van der Waals surface area contributed by atoms with Crippen molar-refractivity contribution in [2.75, 3.05) is 25.0 Å². The van der Waals surface area contributed by atoms with Gasteiger partial charge in [0.1, 0.15) is 5.54 Å². The summed E-state index contributed by atoms with van der Waals surface area (Å²) in [5.41, 5.74) is 0.0840. The lowest BCUT2D eigenvalue weighted by Crippen LogP contribution is -2.56. The molecule has 0 bridgehead atoms. The highest BCUT2D eigenvalue weighted by atomic mass is 16.2. The minimum Gasteiger partial charge on any atom is -0.306 e. The zero-order chi connectivity index (χ0) is 13.5. The molecule has 3 amide bonds. The second-order valence-corrected chi connectivity index (χ2v) is 5.27. The van der Waals surface area contributed by atoms with Crippen molar-refractivity contribution in [3.63, 3.8) is 0 Å². The maximum absolute atomic E-state index is 12.3. The molecule has 0 unspecified atom stereocenters. The Morgan fingerprint density at radius 1 is 1.11 bits per heavy atom. The zero-order valence-corrected chi connectivity index (χ0v) is 10.9. The van der Waals surface area contributed by atoms with Gasteiger partial charge in [-0.25, -0.2) is 4.79 Å². The van der Waals surface area contributed by atoms with Crippen LogP contribution in [0.1, 0.15) is 12.8 Å². The van der Waals surface area contributed by atoms with E-state index in [1.54, 1.807) is 4.90 Å². The van der Waals surface area contributed by atoms with Gasteiger partial charge in [0.2, 0.25) is 0 Å². The third kappa shape index (κ3) is 1.81. The van der Waals surface area contributed by atoms with Crippen LogP contribution >= 0.6 is 0 Å². The Morgan fingerprint density at radius 3 is 2.37 bits per heavy atom. The summed E-state index contributed by atoms with van der Waals surface area (Å²) >= 11 is 0. The Labute approximate surface area is 112 Å². The smallest absolute Gasteiger partial charge is 0.306 e. The Balaban J connectivity index is 2.01. The molecule has 1 aromatic carbocycles. The van der Waals surface area contributed by atoms with Crippen molar-refractivity contribution < 1.29 is 9.59 Å². The third-order valence-electron chi connectivity index (χ3n) is 4.10. The number of carbonyl (C=O) groups excluding carboxylic acids is 2. The lowest BCUT2D eigenvalue weighted by atomic mass is 9.86. The molecule has 1 aromatic rings. The van der Waals surface area contributed by atoms with Gasteiger partial charge in [0, 0.05) is 18.8 Å². The normalized spacial score (nSPS) is 22.9. The van der Waals surface area contributed by atoms with E-state index in [1.165, 1.54) is 0 Å². The number of nitrogens with one attached hydrogen (secondary N) is 1. The number of carbonyl (C=O) groups is 2. The first-order chi connectivity index (χ1) is 9.13. The quantitative estimate of drug-likeness (QED) is 0.771. The van der Waals surface area contributed by atoms with E-state index in [2.05, 4.69) is 10.2 Å². The van der Waals surface area contributed by atoms with Gasteiger partial charge in [-0.15, -0.1) is 0 Å². The van der Waals surface area contributed by atoms with Crippen molar-refractivity contribution >= 4 is 17.6 Å². The molecule has 2 aliphatic rings. The number of nitrogens with zero attached hydrogens (tertiary/aromatic N) is 2. The summed E-state index contributed by atoms with van der Waals surface area (Å²) in [6, 6.07) is 9.11. The molecule has 1 N–H and O–H groups in total. The second kappa shape index (κ2) is 4.35. The molecule has 0 aromatic heterocycles. The summed E-state index contributed by atoms with van der Waals surface area (Å²) in [6.07, 6.45) is 1.35. The van der Waals surface area contributed by atoms with E-state index >= 15 is 0 Å². The highest BCUT2D eigenvalue weighted by Crippen LogP contribution is 2.36. The van der Waals surface area contributed by atoms with Crippen LogP contribution in [0.4, 0.5) is 10.5 Å². The Kier molecular flexibility index (Phi) is 2.78. The largest absolute Gasteiger partial charge is 0.329 e. The van der Waals surface area contributed by atoms with Gasteiger partial charge >= 0.3 is 6.03 Å². The maximum atomic E-state index is 12.3. The van der Waals surface area contributed by atoms with E-state index in [0.717, 1.165) is 18.8 Å². The van der Waals surface area contributed by atoms with Crippen molar-refractivity contribution in [2.45, 2.75) is 18.4 Å². The average Bonchev–Trinajstić information content (AvgIpc) is 2.65. The molecule has 2 saturated heterocycles. The lowest BCUT2D eigenvalue weighted by molar-refractivity contribution is -0.124. The molecule has 5 nitrogen and oxygen atoms in total. The van der Waals surface area contributed by atoms with Gasteiger partial charge in [-0.05, 0) is 32.0 Å². The number of para-hydroxylation sites is 1. The van der Waals surface area contributed by atoms with E-state index in [9.17, 15) is 9.59 Å². The number of anilines is 1. The second-order valence-electron chi connectivity index (χ2n) is 5.27. The molecule has 2 heterocycles. The fourth-order valence-electron chi connectivity index (χ4n) is 2.95. The molecular weight excluding hydrogens is 242 g/mol. The number of likely N-dealkylation sites (tertiary alicyclic amines) is 1. The molecule has 3 rings (SSSR count). The predicted molar refractivity (Wildman–Crippen MR) is 71.9 cm³/mol. The number of imide groups is 1. The number of piperidine rings is 1. The third-order valence-corrected chi connectivity index (χ3v) is 4.10. The predicted octanol–water partition coefficient (Wildman–Crippen LogP) is 1.21. The van der Waals surface area contributed by atoms with E-state index in [0.29, 0.717) is 12.8 Å². The van der Waals surface area contributed by atoms with Crippen LogP contribution in [0.15, 0.2) is 30.3 Å². The molecule has 0 atom stereocenters. The zero-order valence-electron chi connectivity index (χ0n) is 10.9. The Morgan fingerprint density at radius 2 is 1.74 bits per heavy atom. The van der Waals surface area contributed by atoms with Crippen LogP contribution in [0.5, 0.6) is 0 Å². The highest BCUT2D eigenvalue weighted by molar-refractivity contribution is 6.17. The fourth-order valence-corrected chi connectivity index (χ4v) is 2.95. The van der Waals surface area contributed by atoms with Crippen LogP contribution in [-0.2, 0) is 4.79 Å². The summed E-state index contributed by atoms with van der Waals surface area (Å²) in [5, 5.41) is 2.47. The van der Waals surface area contributed by atoms with Crippen molar-refractivity contribution in [1.82, 2.24) is 10.2 Å². The number of hydrogen-bond acceptors (Lipinski definition) is 3. The SMILES string of the molecule is CN1CCC2(CC1)C(=O)NC(=O)N2c1ccccc1. The van der Waals surface area contributed by atoms with E-state index < -0.39 is 5.54 Å². The first-order valence-corrected chi connectivity index (χ1v) is 6.53. The van der Waals surface area contributed by atoms with Crippen molar-refractivity contribution in [3.8, 4) is 0 Å². The standard InChI is InChI=1S/C14H17N3O2/c1-16-9-7-14(8-10-16)12(18)15-13(19)17(14)11-5-3-2-4-6-11/h2-6H,7-10H2,1H3,(H,15,18,19). The molecule has 5 heteroatoms. The molecule has 2 fully saturated rings. The lowest BCUT2D eigenvalue weighted by Gasteiger charge is -2.41. The summed E-state index contributed by atoms with van der Waals surface area (Å²) in [7, 11) is 2.04. The minimum absolute atomic E-state index is 0.158. The summed E-state index contributed by atoms with van der Waals surface area (Å²) in [6.45, 7) is 1.65. The van der Waals surface area contributed by atoms with Crippen LogP contribution in [0.3, 0.4) is 0 Å². The van der Waals surface area contributed by atoms with Gasteiger partial charge in [-0.3, -0.25) is 15.0 Å². The highest BCUT2D eigenvalue weighted by Gasteiger charge is 2.54. The van der Waals surface area contributed by atoms with Crippen molar-refractivity contribution in [2.24, 2.45) is 0 Å².